The standard InChI is InChI=1S/C13H12Cl2N2O/c1-2-5-17(8-9-3-4-9)13(18)10-6-11(14)12(15)16-7-10/h1,6-7,9H,3-5,8H2. The summed E-state index contributed by atoms with van der Waals surface area (Å²) in [7, 11) is 0. The van der Waals surface area contributed by atoms with Crippen molar-refractivity contribution in [3.05, 3.63) is 28.0 Å². The molecule has 1 saturated carbocycles. The van der Waals surface area contributed by atoms with Gasteiger partial charge >= 0.3 is 0 Å². The summed E-state index contributed by atoms with van der Waals surface area (Å²) < 4.78 is 0. The molecule has 1 heterocycles. The molecule has 0 aliphatic heterocycles. The van der Waals surface area contributed by atoms with Gasteiger partial charge in [-0.1, -0.05) is 29.1 Å². The summed E-state index contributed by atoms with van der Waals surface area (Å²) in [4.78, 5) is 17.8. The Morgan fingerprint density at radius 1 is 1.56 bits per heavy atom. The van der Waals surface area contributed by atoms with Crippen LogP contribution in [0.15, 0.2) is 12.3 Å². The molecule has 1 aliphatic rings. The number of hydrogen-bond acceptors (Lipinski definition) is 2. The SMILES string of the molecule is C#CCN(CC1CC1)C(=O)c1cnc(Cl)c(Cl)c1. The molecule has 1 aromatic heterocycles. The van der Waals surface area contributed by atoms with Crippen LogP contribution in [0.5, 0.6) is 0 Å². The van der Waals surface area contributed by atoms with E-state index in [9.17, 15) is 4.79 Å². The van der Waals surface area contributed by atoms with Crippen molar-refractivity contribution in [2.24, 2.45) is 5.92 Å². The highest BCUT2D eigenvalue weighted by Gasteiger charge is 2.27. The Balaban J connectivity index is 2.15. The molecule has 0 spiro atoms. The zero-order valence-electron chi connectivity index (χ0n) is 9.70. The molecular formula is C13H12Cl2N2O. The van der Waals surface area contributed by atoms with E-state index >= 15 is 0 Å². The van der Waals surface area contributed by atoms with Crippen molar-refractivity contribution in [2.75, 3.05) is 13.1 Å². The first-order valence-electron chi connectivity index (χ1n) is 5.65. The number of hydrogen-bond donors (Lipinski definition) is 0. The van der Waals surface area contributed by atoms with E-state index < -0.39 is 0 Å². The molecule has 0 N–H and O–H groups in total. The van der Waals surface area contributed by atoms with E-state index in [2.05, 4.69) is 10.9 Å². The Morgan fingerprint density at radius 3 is 2.83 bits per heavy atom. The monoisotopic (exact) mass is 282 g/mol. The van der Waals surface area contributed by atoms with Crippen LogP contribution in [-0.4, -0.2) is 28.9 Å². The van der Waals surface area contributed by atoms with Crippen LogP contribution < -0.4 is 0 Å². The second-order valence-electron chi connectivity index (χ2n) is 4.33. The Bertz CT molecular complexity index is 506. The highest BCUT2D eigenvalue weighted by atomic mass is 35.5. The molecule has 1 aromatic rings. The van der Waals surface area contributed by atoms with Gasteiger partial charge in [-0.25, -0.2) is 4.98 Å². The Morgan fingerprint density at radius 2 is 2.28 bits per heavy atom. The third-order valence-electron chi connectivity index (χ3n) is 2.79. The van der Waals surface area contributed by atoms with Gasteiger partial charge in [0.1, 0.15) is 5.15 Å². The maximum absolute atomic E-state index is 12.3. The first-order valence-corrected chi connectivity index (χ1v) is 6.41. The van der Waals surface area contributed by atoms with Crippen LogP contribution in [0, 0.1) is 18.3 Å². The van der Waals surface area contributed by atoms with E-state index in [4.69, 9.17) is 29.6 Å². The molecule has 1 amide bonds. The molecule has 18 heavy (non-hydrogen) atoms. The lowest BCUT2D eigenvalue weighted by atomic mass is 10.2. The lowest BCUT2D eigenvalue weighted by Gasteiger charge is -2.20. The average molecular weight is 283 g/mol. The molecule has 94 valence electrons. The predicted molar refractivity (Wildman–Crippen MR) is 71.7 cm³/mol. The summed E-state index contributed by atoms with van der Waals surface area (Å²) in [6.45, 7) is 0.999. The highest BCUT2D eigenvalue weighted by molar-refractivity contribution is 6.41. The second kappa shape index (κ2) is 5.60. The Labute approximate surface area is 116 Å². The van der Waals surface area contributed by atoms with Gasteiger partial charge in [-0.15, -0.1) is 6.42 Å². The normalized spacial score (nSPS) is 14.1. The summed E-state index contributed by atoms with van der Waals surface area (Å²) >= 11 is 11.6. The number of halogens is 2. The first kappa shape index (κ1) is 13.2. The molecule has 1 fully saturated rings. The van der Waals surface area contributed by atoms with E-state index in [1.165, 1.54) is 12.3 Å². The number of nitrogens with zero attached hydrogens (tertiary/aromatic N) is 2. The zero-order valence-corrected chi connectivity index (χ0v) is 11.2. The third-order valence-corrected chi connectivity index (χ3v) is 3.47. The Kier molecular flexibility index (Phi) is 4.11. The van der Waals surface area contributed by atoms with Gasteiger partial charge in [0, 0.05) is 12.7 Å². The molecule has 0 bridgehead atoms. The zero-order chi connectivity index (χ0) is 13.1. The van der Waals surface area contributed by atoms with E-state index in [1.807, 2.05) is 0 Å². The summed E-state index contributed by atoms with van der Waals surface area (Å²) in [5.41, 5.74) is 0.417. The maximum atomic E-state index is 12.3. The molecule has 5 heteroatoms. The minimum atomic E-state index is -0.147. The summed E-state index contributed by atoms with van der Waals surface area (Å²) in [5, 5.41) is 0.466. The van der Waals surface area contributed by atoms with Crippen molar-refractivity contribution in [3.63, 3.8) is 0 Å². The van der Waals surface area contributed by atoms with Gasteiger partial charge in [0.05, 0.1) is 17.1 Å². The van der Waals surface area contributed by atoms with Crippen LogP contribution in [0.25, 0.3) is 0 Å². The van der Waals surface area contributed by atoms with E-state index in [-0.39, 0.29) is 16.1 Å². The van der Waals surface area contributed by atoms with Crippen LogP contribution in [0.4, 0.5) is 0 Å². The number of pyridine rings is 1. The van der Waals surface area contributed by atoms with Crippen molar-refractivity contribution >= 4 is 29.1 Å². The molecule has 3 nitrogen and oxygen atoms in total. The number of carbonyl (C=O) groups excluding carboxylic acids is 1. The van der Waals surface area contributed by atoms with Crippen molar-refractivity contribution in [3.8, 4) is 12.3 Å². The van der Waals surface area contributed by atoms with Gasteiger partial charge in [0.25, 0.3) is 5.91 Å². The quantitative estimate of drug-likeness (QED) is 0.629. The van der Waals surface area contributed by atoms with Gasteiger partial charge in [-0.05, 0) is 24.8 Å². The lowest BCUT2D eigenvalue weighted by Crippen LogP contribution is -2.33. The van der Waals surface area contributed by atoms with Gasteiger partial charge in [0.15, 0.2) is 0 Å². The maximum Gasteiger partial charge on any atom is 0.256 e. The van der Waals surface area contributed by atoms with Crippen LogP contribution in [0.3, 0.4) is 0 Å². The third kappa shape index (κ3) is 3.16. The molecule has 2 rings (SSSR count). The predicted octanol–water partition coefficient (Wildman–Crippen LogP) is 2.87. The molecular weight excluding hydrogens is 271 g/mol. The van der Waals surface area contributed by atoms with Gasteiger partial charge in [0.2, 0.25) is 0 Å². The minimum absolute atomic E-state index is 0.147. The fourth-order valence-corrected chi connectivity index (χ4v) is 1.93. The van der Waals surface area contributed by atoms with Gasteiger partial charge < -0.3 is 4.90 Å². The van der Waals surface area contributed by atoms with E-state index in [1.54, 1.807) is 4.90 Å². The topological polar surface area (TPSA) is 33.2 Å². The fourth-order valence-electron chi connectivity index (χ4n) is 1.66. The molecule has 0 unspecified atom stereocenters. The minimum Gasteiger partial charge on any atom is -0.327 e. The summed E-state index contributed by atoms with van der Waals surface area (Å²) in [6.07, 6.45) is 9.03. The fraction of sp³-hybridized carbons (Fsp3) is 0.385. The van der Waals surface area contributed by atoms with E-state index in [0.29, 0.717) is 24.6 Å². The van der Waals surface area contributed by atoms with Crippen molar-refractivity contribution < 1.29 is 4.79 Å². The van der Waals surface area contributed by atoms with Crippen LogP contribution in [0.1, 0.15) is 23.2 Å². The second-order valence-corrected chi connectivity index (χ2v) is 5.10. The molecule has 0 saturated heterocycles. The molecule has 0 atom stereocenters. The van der Waals surface area contributed by atoms with E-state index in [0.717, 1.165) is 12.8 Å². The summed E-state index contributed by atoms with van der Waals surface area (Å²) in [6, 6.07) is 1.52. The van der Waals surface area contributed by atoms with Crippen molar-refractivity contribution in [2.45, 2.75) is 12.8 Å². The number of carbonyl (C=O) groups is 1. The van der Waals surface area contributed by atoms with Crippen molar-refractivity contribution in [1.29, 1.82) is 0 Å². The average Bonchev–Trinajstić information content (AvgIpc) is 3.15. The number of aromatic nitrogens is 1. The first-order chi connectivity index (χ1) is 8.61. The molecule has 0 aromatic carbocycles. The van der Waals surface area contributed by atoms with Gasteiger partial charge in [-0.2, -0.15) is 0 Å². The van der Waals surface area contributed by atoms with Crippen LogP contribution in [0.2, 0.25) is 10.2 Å². The molecule has 0 radical (unpaired) electrons. The van der Waals surface area contributed by atoms with Crippen LogP contribution >= 0.6 is 23.2 Å². The highest BCUT2D eigenvalue weighted by Crippen LogP contribution is 2.30. The molecule has 1 aliphatic carbocycles. The Hall–Kier alpha value is -1.24. The number of terminal acetylenes is 1. The van der Waals surface area contributed by atoms with Gasteiger partial charge in [-0.3, -0.25) is 4.79 Å². The van der Waals surface area contributed by atoms with Crippen molar-refractivity contribution in [1.82, 2.24) is 9.88 Å². The summed E-state index contributed by atoms with van der Waals surface area (Å²) in [5.74, 6) is 2.94. The smallest absolute Gasteiger partial charge is 0.256 e. The number of rotatable bonds is 4. The number of amides is 1. The lowest BCUT2D eigenvalue weighted by molar-refractivity contribution is 0.0769. The van der Waals surface area contributed by atoms with Crippen LogP contribution in [-0.2, 0) is 0 Å². The largest absolute Gasteiger partial charge is 0.327 e.